The van der Waals surface area contributed by atoms with E-state index in [0.717, 1.165) is 22.4 Å². The molecule has 0 bridgehead atoms. The van der Waals surface area contributed by atoms with Gasteiger partial charge in [0.05, 0.1) is 17.7 Å². The van der Waals surface area contributed by atoms with Crippen LogP contribution >= 0.6 is 0 Å². The van der Waals surface area contributed by atoms with Crippen LogP contribution in [-0.4, -0.2) is 42.6 Å². The maximum Gasteiger partial charge on any atom is 0.416 e. The highest BCUT2D eigenvalue weighted by Crippen LogP contribution is 2.37. The molecule has 0 radical (unpaired) electrons. The molecule has 0 saturated heterocycles. The van der Waals surface area contributed by atoms with Crippen molar-refractivity contribution in [2.75, 3.05) is 29.9 Å². The molecule has 4 rings (SSSR count). The molecule has 0 fully saturated rings. The van der Waals surface area contributed by atoms with Gasteiger partial charge < -0.3 is 10.6 Å². The van der Waals surface area contributed by atoms with E-state index < -0.39 is 35.2 Å². The van der Waals surface area contributed by atoms with Crippen LogP contribution in [0.4, 0.5) is 42.5 Å². The van der Waals surface area contributed by atoms with E-state index in [9.17, 15) is 31.1 Å². The number of nitrogens with zero attached hydrogens (tertiary/aromatic N) is 2. The normalized spacial score (nSPS) is 14.6. The Morgan fingerprint density at radius 1 is 0.902 bits per heavy atom. The van der Waals surface area contributed by atoms with Gasteiger partial charge in [0.25, 0.3) is 0 Å². The Labute approximate surface area is 234 Å². The standard InChI is InChI=1S/C30H30F6N4O/c1-19-11-20(2)27(21(3)12-19)40-10-9-39(18-40)26(13-22-7-5-4-6-8-22)17-37-28(41)38-25-15-23(29(31,32)33)14-24(16-25)30(34,35)36/h4-8,11-12,14-16,18,26H,9-10,13,17H2,1-3H3,(H-,37,38,41)/p+1/t26-/m0/s1. The molecule has 1 aliphatic rings. The number of carbonyl (C=O) groups excluding carboxylic acids is 1. The number of urea groups is 1. The van der Waals surface area contributed by atoms with E-state index in [-0.39, 0.29) is 18.7 Å². The highest BCUT2D eigenvalue weighted by Gasteiger charge is 2.37. The first-order valence-electron chi connectivity index (χ1n) is 13.0. The minimum Gasteiger partial charge on any atom is -0.334 e. The number of carbonyl (C=O) groups is 1. The van der Waals surface area contributed by atoms with Crippen molar-refractivity contribution in [1.82, 2.24) is 5.32 Å². The lowest BCUT2D eigenvalue weighted by Crippen LogP contribution is -2.42. The molecule has 0 aromatic heterocycles. The van der Waals surface area contributed by atoms with E-state index in [4.69, 9.17) is 0 Å². The fraction of sp³-hybridized carbons (Fsp3) is 0.333. The fourth-order valence-electron chi connectivity index (χ4n) is 5.20. The number of anilines is 2. The number of aryl methyl sites for hydroxylation is 3. The molecule has 2 N–H and O–H groups in total. The summed E-state index contributed by atoms with van der Waals surface area (Å²) in [5.74, 6) is 0. The van der Waals surface area contributed by atoms with Crippen molar-refractivity contribution in [3.63, 3.8) is 0 Å². The number of amides is 2. The van der Waals surface area contributed by atoms with Crippen molar-refractivity contribution in [3.8, 4) is 0 Å². The lowest BCUT2D eigenvalue weighted by molar-refractivity contribution is -0.550. The number of hydrogen-bond donors (Lipinski definition) is 2. The summed E-state index contributed by atoms with van der Waals surface area (Å²) in [6.07, 6.45) is -7.47. The molecule has 0 aliphatic carbocycles. The minimum atomic E-state index is -5.01. The zero-order valence-corrected chi connectivity index (χ0v) is 22.8. The van der Waals surface area contributed by atoms with Crippen molar-refractivity contribution in [3.05, 3.63) is 94.0 Å². The van der Waals surface area contributed by atoms with Crippen molar-refractivity contribution >= 4 is 23.7 Å². The van der Waals surface area contributed by atoms with Crippen LogP contribution < -0.4 is 15.5 Å². The third-order valence-corrected chi connectivity index (χ3v) is 6.94. The van der Waals surface area contributed by atoms with Gasteiger partial charge in [0, 0.05) is 12.1 Å². The zero-order chi connectivity index (χ0) is 29.9. The Morgan fingerprint density at radius 3 is 2.05 bits per heavy atom. The second kappa shape index (κ2) is 11.8. The summed E-state index contributed by atoms with van der Waals surface area (Å²) >= 11 is 0. The zero-order valence-electron chi connectivity index (χ0n) is 22.8. The fourth-order valence-corrected chi connectivity index (χ4v) is 5.20. The molecule has 0 saturated carbocycles. The highest BCUT2D eigenvalue weighted by atomic mass is 19.4. The minimum absolute atomic E-state index is 0.0193. The first kappa shape index (κ1) is 30.0. The molecule has 2 amide bonds. The van der Waals surface area contributed by atoms with Crippen molar-refractivity contribution in [2.45, 2.75) is 45.6 Å². The maximum atomic E-state index is 13.2. The summed E-state index contributed by atoms with van der Waals surface area (Å²) in [4.78, 5) is 14.8. The molecule has 1 aliphatic heterocycles. The number of rotatable bonds is 7. The molecular formula is C30H31F6N4O+. The van der Waals surface area contributed by atoms with Crippen molar-refractivity contribution in [2.24, 2.45) is 0 Å². The SMILES string of the molecule is Cc1cc(C)c(N2C=[N+]([C@H](CNC(=O)Nc3cc(C(F)(F)F)cc(C(F)(F)F)c3)Cc3ccccc3)CC2)c(C)c1. The molecule has 1 heterocycles. The third-order valence-electron chi connectivity index (χ3n) is 6.94. The van der Waals surface area contributed by atoms with Gasteiger partial charge in [0.2, 0.25) is 6.34 Å². The Morgan fingerprint density at radius 2 is 1.49 bits per heavy atom. The summed E-state index contributed by atoms with van der Waals surface area (Å²) in [6.45, 7) is 7.62. The molecular weight excluding hydrogens is 546 g/mol. The average Bonchev–Trinajstić information content (AvgIpc) is 3.35. The summed E-state index contributed by atoms with van der Waals surface area (Å²) in [7, 11) is 0. The van der Waals surface area contributed by atoms with Crippen LogP contribution in [0.3, 0.4) is 0 Å². The first-order valence-corrected chi connectivity index (χ1v) is 13.0. The van der Waals surface area contributed by atoms with Crippen LogP contribution in [-0.2, 0) is 18.8 Å². The smallest absolute Gasteiger partial charge is 0.334 e. The molecule has 5 nitrogen and oxygen atoms in total. The van der Waals surface area contributed by atoms with E-state index in [2.05, 4.69) is 46.1 Å². The second-order valence-corrected chi connectivity index (χ2v) is 10.3. The largest absolute Gasteiger partial charge is 0.416 e. The molecule has 0 spiro atoms. The Hall–Kier alpha value is -4.02. The number of nitrogens with one attached hydrogen (secondary N) is 2. The highest BCUT2D eigenvalue weighted by molar-refractivity contribution is 5.89. The van der Waals surface area contributed by atoms with E-state index in [1.807, 2.05) is 43.6 Å². The van der Waals surface area contributed by atoms with E-state index >= 15 is 0 Å². The lowest BCUT2D eigenvalue weighted by Gasteiger charge is -2.19. The number of halogens is 6. The summed E-state index contributed by atoms with van der Waals surface area (Å²) in [5, 5.41) is 4.78. The monoisotopic (exact) mass is 577 g/mol. The Bertz CT molecular complexity index is 1380. The molecule has 218 valence electrons. The Balaban J connectivity index is 1.54. The molecule has 3 aromatic carbocycles. The van der Waals surface area contributed by atoms with Crippen molar-refractivity contribution in [1.29, 1.82) is 0 Å². The summed E-state index contributed by atoms with van der Waals surface area (Å²) in [5.41, 5.74) is 1.95. The lowest BCUT2D eigenvalue weighted by atomic mass is 10.0. The van der Waals surface area contributed by atoms with Gasteiger partial charge in [-0.05, 0) is 55.7 Å². The van der Waals surface area contributed by atoms with Gasteiger partial charge in [-0.25, -0.2) is 9.69 Å². The second-order valence-electron chi connectivity index (χ2n) is 10.3. The van der Waals surface area contributed by atoms with E-state index in [1.165, 1.54) is 5.56 Å². The Kier molecular flexibility index (Phi) is 8.65. The number of alkyl halides is 6. The van der Waals surface area contributed by atoms with Crippen LogP contribution in [0.1, 0.15) is 33.4 Å². The number of benzene rings is 3. The van der Waals surface area contributed by atoms with E-state index in [0.29, 0.717) is 31.6 Å². The van der Waals surface area contributed by atoms with Gasteiger partial charge in [-0.15, -0.1) is 0 Å². The first-order chi connectivity index (χ1) is 19.2. The van der Waals surface area contributed by atoms with Gasteiger partial charge in [-0.3, -0.25) is 4.58 Å². The van der Waals surface area contributed by atoms with Crippen LogP contribution in [0.15, 0.2) is 60.7 Å². The van der Waals surface area contributed by atoms with Crippen LogP contribution in [0.25, 0.3) is 0 Å². The number of hydrogen-bond acceptors (Lipinski definition) is 2. The topological polar surface area (TPSA) is 47.4 Å². The van der Waals surface area contributed by atoms with E-state index in [1.54, 1.807) is 0 Å². The molecule has 1 atom stereocenters. The molecule has 41 heavy (non-hydrogen) atoms. The van der Waals surface area contributed by atoms with Gasteiger partial charge in [-0.2, -0.15) is 26.3 Å². The van der Waals surface area contributed by atoms with Crippen molar-refractivity contribution < 1.29 is 35.7 Å². The quantitative estimate of drug-likeness (QED) is 0.236. The maximum absolute atomic E-state index is 13.2. The van der Waals surface area contributed by atoms with Crippen LogP contribution in [0.5, 0.6) is 0 Å². The molecule has 11 heteroatoms. The van der Waals surface area contributed by atoms with Gasteiger partial charge in [0.1, 0.15) is 24.8 Å². The predicted molar refractivity (Wildman–Crippen MR) is 147 cm³/mol. The van der Waals surface area contributed by atoms with Gasteiger partial charge in [-0.1, -0.05) is 48.0 Å². The third kappa shape index (κ3) is 7.59. The molecule has 0 unspecified atom stereocenters. The summed E-state index contributed by atoms with van der Waals surface area (Å²) < 4.78 is 81.4. The molecule has 3 aromatic rings. The van der Waals surface area contributed by atoms with Crippen LogP contribution in [0.2, 0.25) is 0 Å². The predicted octanol–water partition coefficient (Wildman–Crippen LogP) is 6.94. The summed E-state index contributed by atoms with van der Waals surface area (Å²) in [6, 6.07) is 13.7. The van der Waals surface area contributed by atoms with Crippen LogP contribution in [0, 0.1) is 20.8 Å². The van der Waals surface area contributed by atoms with Gasteiger partial charge in [0.15, 0.2) is 0 Å². The average molecular weight is 578 g/mol. The van der Waals surface area contributed by atoms with Gasteiger partial charge >= 0.3 is 18.4 Å².